The van der Waals surface area contributed by atoms with Gasteiger partial charge < -0.3 is 14.6 Å². The molecule has 0 bridgehead atoms. The third-order valence-electron chi connectivity index (χ3n) is 7.13. The number of nitrogens with zero attached hydrogens (tertiary/aromatic N) is 4. The number of likely N-dealkylation sites (tertiary alicyclic amines) is 2. The van der Waals surface area contributed by atoms with Crippen LogP contribution in [0.25, 0.3) is 5.65 Å². The van der Waals surface area contributed by atoms with Gasteiger partial charge in [0.2, 0.25) is 0 Å². The molecule has 2 aromatic heterocycles. The Hall–Kier alpha value is -2.70. The summed E-state index contributed by atoms with van der Waals surface area (Å²) >= 11 is 0. The van der Waals surface area contributed by atoms with Gasteiger partial charge in [-0.2, -0.15) is 0 Å². The van der Waals surface area contributed by atoms with Gasteiger partial charge in [-0.05, 0) is 68.8 Å². The molecule has 2 fully saturated rings. The van der Waals surface area contributed by atoms with Crippen molar-refractivity contribution in [3.05, 3.63) is 71.2 Å². The van der Waals surface area contributed by atoms with E-state index in [1.54, 1.807) is 0 Å². The average molecular weight is 446 g/mol. The molecule has 1 unspecified atom stereocenters. The van der Waals surface area contributed by atoms with Gasteiger partial charge in [-0.1, -0.05) is 36.4 Å². The summed E-state index contributed by atoms with van der Waals surface area (Å²) in [4.78, 5) is 22.7. The van der Waals surface area contributed by atoms with Gasteiger partial charge in [0.05, 0.1) is 5.69 Å². The molecule has 6 nitrogen and oxygen atoms in total. The number of carbonyl (C=O) groups excluding carboxylic acids is 1. The van der Waals surface area contributed by atoms with Crippen LogP contribution in [0, 0.1) is 12.8 Å². The first-order chi connectivity index (χ1) is 16.2. The van der Waals surface area contributed by atoms with E-state index in [0.29, 0.717) is 18.2 Å². The smallest absolute Gasteiger partial charge is 0.274 e. The number of rotatable bonds is 7. The number of carbonyl (C=O) groups is 1. The lowest BCUT2D eigenvalue weighted by atomic mass is 10.1. The molecule has 4 heterocycles. The van der Waals surface area contributed by atoms with Gasteiger partial charge in [-0.3, -0.25) is 9.69 Å². The first-order valence-corrected chi connectivity index (χ1v) is 12.4. The summed E-state index contributed by atoms with van der Waals surface area (Å²) in [6.45, 7) is 8.67. The van der Waals surface area contributed by atoms with Crippen LogP contribution in [0.1, 0.15) is 53.0 Å². The van der Waals surface area contributed by atoms with Crippen molar-refractivity contribution in [3.8, 4) is 0 Å². The Labute approximate surface area is 196 Å². The minimum Gasteiger partial charge on any atom is -0.337 e. The van der Waals surface area contributed by atoms with Crippen molar-refractivity contribution in [2.45, 2.75) is 45.7 Å². The van der Waals surface area contributed by atoms with Gasteiger partial charge in [-0.15, -0.1) is 0 Å². The molecule has 2 saturated heterocycles. The number of pyridine rings is 1. The second-order valence-corrected chi connectivity index (χ2v) is 9.65. The molecule has 0 aliphatic carbocycles. The zero-order chi connectivity index (χ0) is 22.6. The second-order valence-electron chi connectivity index (χ2n) is 9.65. The number of nitrogens with one attached hydrogen (secondary N) is 1. The number of aryl methyl sites for hydroxylation is 1. The summed E-state index contributed by atoms with van der Waals surface area (Å²) in [5, 5.41) is 3.67. The first kappa shape index (κ1) is 22.1. The fourth-order valence-electron chi connectivity index (χ4n) is 5.30. The molecule has 2 aliphatic rings. The molecular weight excluding hydrogens is 410 g/mol. The molecule has 33 heavy (non-hydrogen) atoms. The highest BCUT2D eigenvalue weighted by Gasteiger charge is 2.26. The highest BCUT2D eigenvalue weighted by molar-refractivity contribution is 5.94. The fraction of sp³-hybridized carbons (Fsp3) is 0.481. The van der Waals surface area contributed by atoms with Crippen molar-refractivity contribution < 1.29 is 4.79 Å². The lowest BCUT2D eigenvalue weighted by Gasteiger charge is -2.26. The maximum absolute atomic E-state index is 13.4. The molecule has 3 aromatic rings. The van der Waals surface area contributed by atoms with Gasteiger partial charge in [0, 0.05) is 38.9 Å². The Morgan fingerprint density at radius 2 is 1.88 bits per heavy atom. The highest BCUT2D eigenvalue weighted by atomic mass is 16.2. The minimum atomic E-state index is 0.0875. The van der Waals surface area contributed by atoms with Crippen LogP contribution in [-0.4, -0.2) is 57.8 Å². The van der Waals surface area contributed by atoms with E-state index in [1.807, 2.05) is 17.2 Å². The molecule has 0 radical (unpaired) electrons. The molecule has 5 rings (SSSR count). The van der Waals surface area contributed by atoms with Crippen molar-refractivity contribution in [2.24, 2.45) is 5.92 Å². The fourth-order valence-corrected chi connectivity index (χ4v) is 5.30. The first-order valence-electron chi connectivity index (χ1n) is 12.4. The van der Waals surface area contributed by atoms with E-state index in [0.717, 1.165) is 69.0 Å². The number of hydrogen-bond donors (Lipinski definition) is 1. The number of amides is 1. The van der Waals surface area contributed by atoms with Crippen molar-refractivity contribution in [3.63, 3.8) is 0 Å². The summed E-state index contributed by atoms with van der Waals surface area (Å²) in [5.74, 6) is 0.723. The molecule has 1 N–H and O–H groups in total. The predicted molar refractivity (Wildman–Crippen MR) is 131 cm³/mol. The van der Waals surface area contributed by atoms with Crippen LogP contribution in [0.2, 0.25) is 0 Å². The Morgan fingerprint density at radius 1 is 1.06 bits per heavy atom. The van der Waals surface area contributed by atoms with E-state index in [2.05, 4.69) is 57.9 Å². The SMILES string of the molecule is Cc1cccn2c(CNCC3CCN(Cc4ccccc4)C3)c(C(=O)N3CCCCC3)nc12. The quantitative estimate of drug-likeness (QED) is 0.600. The summed E-state index contributed by atoms with van der Waals surface area (Å²) < 4.78 is 2.11. The zero-order valence-electron chi connectivity index (χ0n) is 19.7. The van der Waals surface area contributed by atoms with Crippen LogP contribution >= 0.6 is 0 Å². The van der Waals surface area contributed by atoms with Crippen LogP contribution in [0.5, 0.6) is 0 Å². The Morgan fingerprint density at radius 3 is 2.70 bits per heavy atom. The molecule has 1 atom stereocenters. The average Bonchev–Trinajstić information content (AvgIpc) is 3.45. The third kappa shape index (κ3) is 4.97. The van der Waals surface area contributed by atoms with Crippen LogP contribution in [-0.2, 0) is 13.1 Å². The summed E-state index contributed by atoms with van der Waals surface area (Å²) in [5.41, 5.74) is 4.99. The molecule has 1 aromatic carbocycles. The molecule has 174 valence electrons. The molecule has 0 saturated carbocycles. The topological polar surface area (TPSA) is 52.9 Å². The van der Waals surface area contributed by atoms with E-state index in [-0.39, 0.29) is 5.91 Å². The molecule has 2 aliphatic heterocycles. The van der Waals surface area contributed by atoms with Crippen molar-refractivity contribution in [1.29, 1.82) is 0 Å². The third-order valence-corrected chi connectivity index (χ3v) is 7.13. The van der Waals surface area contributed by atoms with Gasteiger partial charge in [0.15, 0.2) is 5.69 Å². The lowest BCUT2D eigenvalue weighted by molar-refractivity contribution is 0.0717. The predicted octanol–water partition coefficient (Wildman–Crippen LogP) is 3.88. The standard InChI is InChI=1S/C27H35N5O/c1-21-9-8-15-32-24(25(29-26(21)32)27(33)31-13-6-3-7-14-31)18-28-17-23-12-16-30(20-23)19-22-10-4-2-5-11-22/h2,4-5,8-11,15,23,28H,3,6-7,12-14,16-20H2,1H3. The zero-order valence-corrected chi connectivity index (χ0v) is 19.7. The van der Waals surface area contributed by atoms with Crippen molar-refractivity contribution in [1.82, 2.24) is 24.5 Å². The molecular formula is C27H35N5O. The second kappa shape index (κ2) is 10.1. The summed E-state index contributed by atoms with van der Waals surface area (Å²) in [6.07, 6.45) is 6.65. The van der Waals surface area contributed by atoms with Gasteiger partial charge in [0.1, 0.15) is 5.65 Å². The Balaban J connectivity index is 1.25. The van der Waals surface area contributed by atoms with Crippen molar-refractivity contribution >= 4 is 11.6 Å². The normalized spacial score (nSPS) is 19.4. The maximum Gasteiger partial charge on any atom is 0.274 e. The van der Waals surface area contributed by atoms with Gasteiger partial charge in [-0.25, -0.2) is 4.98 Å². The van der Waals surface area contributed by atoms with E-state index >= 15 is 0 Å². The van der Waals surface area contributed by atoms with E-state index in [1.165, 1.54) is 18.4 Å². The molecule has 1 amide bonds. The number of aromatic nitrogens is 2. The minimum absolute atomic E-state index is 0.0875. The van der Waals surface area contributed by atoms with E-state index in [4.69, 9.17) is 4.98 Å². The highest BCUT2D eigenvalue weighted by Crippen LogP contribution is 2.21. The monoisotopic (exact) mass is 445 g/mol. The maximum atomic E-state index is 13.4. The number of piperidine rings is 1. The molecule has 0 spiro atoms. The lowest BCUT2D eigenvalue weighted by Crippen LogP contribution is -2.36. The van der Waals surface area contributed by atoms with Crippen molar-refractivity contribution in [2.75, 3.05) is 32.7 Å². The number of fused-ring (bicyclic) bond motifs is 1. The van der Waals surface area contributed by atoms with Crippen LogP contribution < -0.4 is 5.32 Å². The number of benzene rings is 1. The van der Waals surface area contributed by atoms with Crippen LogP contribution in [0.15, 0.2) is 48.7 Å². The summed E-state index contributed by atoms with van der Waals surface area (Å²) in [6, 6.07) is 14.8. The number of hydrogen-bond acceptors (Lipinski definition) is 4. The Bertz CT molecular complexity index is 1090. The molecule has 6 heteroatoms. The van der Waals surface area contributed by atoms with E-state index in [9.17, 15) is 4.79 Å². The van der Waals surface area contributed by atoms with Crippen LogP contribution in [0.4, 0.5) is 0 Å². The van der Waals surface area contributed by atoms with Crippen LogP contribution in [0.3, 0.4) is 0 Å². The largest absolute Gasteiger partial charge is 0.337 e. The number of imidazole rings is 1. The van der Waals surface area contributed by atoms with Gasteiger partial charge in [0.25, 0.3) is 5.91 Å². The van der Waals surface area contributed by atoms with Gasteiger partial charge >= 0.3 is 0 Å². The summed E-state index contributed by atoms with van der Waals surface area (Å²) in [7, 11) is 0. The Kier molecular flexibility index (Phi) is 6.74. The van der Waals surface area contributed by atoms with E-state index < -0.39 is 0 Å².